The smallest absolute Gasteiger partial charge is 0.270 e. The number of carbonyl (C=O) groups excluding carboxylic acids is 1. The molecule has 0 fully saturated rings. The van der Waals surface area contributed by atoms with Gasteiger partial charge in [0.25, 0.3) is 5.91 Å². The topological polar surface area (TPSA) is 67.0 Å². The first-order valence-electron chi connectivity index (χ1n) is 7.46. The number of ether oxygens (including phenoxy) is 1. The molecule has 0 aliphatic carbocycles. The lowest BCUT2D eigenvalue weighted by atomic mass is 9.97. The number of benzene rings is 2. The molecule has 1 atom stereocenters. The zero-order chi connectivity index (χ0) is 16.7. The van der Waals surface area contributed by atoms with Crippen LogP contribution in [0.1, 0.15) is 27.7 Å². The summed E-state index contributed by atoms with van der Waals surface area (Å²) in [6.45, 7) is 0. The van der Waals surface area contributed by atoms with Crippen LogP contribution in [0, 0.1) is 5.82 Å². The summed E-state index contributed by atoms with van der Waals surface area (Å²) in [5.74, 6) is 0.171. The average Bonchev–Trinajstić information content (AvgIpc) is 3.17. The fourth-order valence-electron chi connectivity index (χ4n) is 2.98. The molecule has 3 aromatic rings. The van der Waals surface area contributed by atoms with Gasteiger partial charge in [-0.3, -0.25) is 9.89 Å². The zero-order valence-corrected chi connectivity index (χ0v) is 12.8. The summed E-state index contributed by atoms with van der Waals surface area (Å²) < 4.78 is 18.4. The van der Waals surface area contributed by atoms with Gasteiger partial charge >= 0.3 is 0 Å². The summed E-state index contributed by atoms with van der Waals surface area (Å²) in [5, 5.41) is 10.0. The Balaban J connectivity index is 1.84. The number of hydrogen-bond donors (Lipinski definition) is 2. The van der Waals surface area contributed by atoms with E-state index in [4.69, 9.17) is 4.74 Å². The molecule has 6 heteroatoms. The number of nitrogens with zero attached hydrogens (tertiary/aromatic N) is 1. The van der Waals surface area contributed by atoms with Crippen molar-refractivity contribution in [3.8, 4) is 17.0 Å². The van der Waals surface area contributed by atoms with Gasteiger partial charge in [-0.2, -0.15) is 5.10 Å². The van der Waals surface area contributed by atoms with Gasteiger partial charge in [0.2, 0.25) is 0 Å². The lowest BCUT2D eigenvalue weighted by molar-refractivity contribution is 0.0955. The summed E-state index contributed by atoms with van der Waals surface area (Å²) in [5.41, 5.74) is 3.52. The third-order valence-electron chi connectivity index (χ3n) is 4.14. The van der Waals surface area contributed by atoms with Crippen LogP contribution in [-0.2, 0) is 0 Å². The molecule has 0 saturated carbocycles. The number of fused-ring (bicyclic) bond motifs is 1. The van der Waals surface area contributed by atoms with E-state index in [1.165, 1.54) is 12.1 Å². The molecule has 0 saturated heterocycles. The molecule has 0 bridgehead atoms. The first kappa shape index (κ1) is 14.4. The van der Waals surface area contributed by atoms with E-state index in [0.717, 1.165) is 16.7 Å². The van der Waals surface area contributed by atoms with Crippen LogP contribution in [0.25, 0.3) is 11.3 Å². The van der Waals surface area contributed by atoms with E-state index in [2.05, 4.69) is 15.5 Å². The van der Waals surface area contributed by atoms with Gasteiger partial charge < -0.3 is 10.1 Å². The molecule has 1 amide bonds. The Labute approximate surface area is 137 Å². The number of aromatic amines is 1. The van der Waals surface area contributed by atoms with Crippen molar-refractivity contribution in [1.82, 2.24) is 15.5 Å². The lowest BCUT2D eigenvalue weighted by Gasteiger charge is -2.13. The van der Waals surface area contributed by atoms with Crippen LogP contribution < -0.4 is 10.1 Å². The molecular formula is C18H14FN3O2. The summed E-state index contributed by atoms with van der Waals surface area (Å²) in [6.07, 6.45) is 0. The van der Waals surface area contributed by atoms with Crippen LogP contribution in [0.15, 0.2) is 48.5 Å². The second-order valence-electron chi connectivity index (χ2n) is 5.55. The maximum absolute atomic E-state index is 13.2. The largest absolute Gasteiger partial charge is 0.497 e. The van der Waals surface area contributed by atoms with Gasteiger partial charge in [0.15, 0.2) is 0 Å². The number of methoxy groups -OCH3 is 1. The maximum Gasteiger partial charge on any atom is 0.270 e. The molecule has 2 aromatic carbocycles. The molecular weight excluding hydrogens is 309 g/mol. The van der Waals surface area contributed by atoms with E-state index < -0.39 is 0 Å². The van der Waals surface area contributed by atoms with Crippen LogP contribution in [-0.4, -0.2) is 23.2 Å². The van der Waals surface area contributed by atoms with Gasteiger partial charge in [-0.15, -0.1) is 0 Å². The van der Waals surface area contributed by atoms with Gasteiger partial charge in [-0.1, -0.05) is 24.3 Å². The van der Waals surface area contributed by atoms with Crippen LogP contribution in [0.3, 0.4) is 0 Å². The van der Waals surface area contributed by atoms with Gasteiger partial charge in [-0.05, 0) is 29.8 Å². The number of aromatic nitrogens is 2. The minimum atomic E-state index is -0.368. The number of H-pyrrole nitrogens is 1. The molecule has 1 aliphatic rings. The lowest BCUT2D eigenvalue weighted by Crippen LogP contribution is -2.21. The number of rotatable bonds is 3. The van der Waals surface area contributed by atoms with Crippen molar-refractivity contribution in [3.63, 3.8) is 0 Å². The number of hydrogen-bond acceptors (Lipinski definition) is 3. The summed E-state index contributed by atoms with van der Waals surface area (Å²) in [4.78, 5) is 12.2. The monoisotopic (exact) mass is 323 g/mol. The third kappa shape index (κ3) is 2.23. The van der Waals surface area contributed by atoms with Gasteiger partial charge in [0, 0.05) is 11.1 Å². The molecule has 2 N–H and O–H groups in total. The summed E-state index contributed by atoms with van der Waals surface area (Å²) in [6, 6.07) is 13.2. The minimum Gasteiger partial charge on any atom is -0.497 e. The quantitative estimate of drug-likeness (QED) is 0.778. The Morgan fingerprint density at radius 3 is 2.71 bits per heavy atom. The van der Waals surface area contributed by atoms with Crippen molar-refractivity contribution in [2.75, 3.05) is 7.11 Å². The highest BCUT2D eigenvalue weighted by Crippen LogP contribution is 2.37. The molecule has 0 radical (unpaired) electrons. The van der Waals surface area contributed by atoms with E-state index >= 15 is 0 Å². The highest BCUT2D eigenvalue weighted by Gasteiger charge is 2.35. The Hall–Kier alpha value is -3.15. The molecule has 1 aliphatic heterocycles. The third-order valence-corrected chi connectivity index (χ3v) is 4.14. The fraction of sp³-hybridized carbons (Fsp3) is 0.111. The molecule has 4 rings (SSSR count). The summed E-state index contributed by atoms with van der Waals surface area (Å²) in [7, 11) is 1.60. The second kappa shape index (κ2) is 5.49. The molecule has 24 heavy (non-hydrogen) atoms. The molecule has 1 aromatic heterocycles. The Kier molecular flexibility index (Phi) is 3.30. The van der Waals surface area contributed by atoms with Crippen molar-refractivity contribution >= 4 is 5.91 Å². The number of nitrogens with one attached hydrogen (secondary N) is 2. The fourth-order valence-corrected chi connectivity index (χ4v) is 2.98. The Morgan fingerprint density at radius 2 is 1.96 bits per heavy atom. The number of amides is 1. The molecule has 0 spiro atoms. The zero-order valence-electron chi connectivity index (χ0n) is 12.8. The van der Waals surface area contributed by atoms with E-state index in [1.807, 2.05) is 24.3 Å². The average molecular weight is 323 g/mol. The normalized spacial score (nSPS) is 15.9. The first-order chi connectivity index (χ1) is 11.7. The van der Waals surface area contributed by atoms with Gasteiger partial charge in [0.1, 0.15) is 17.3 Å². The van der Waals surface area contributed by atoms with Gasteiger partial charge in [-0.25, -0.2) is 4.39 Å². The standard InChI is InChI=1S/C18H14FN3O2/c1-24-13-4-2-3-11(9-13)16-14-15(10-5-7-12(19)8-6-10)20-18(23)17(14)22-21-16/h2-9,15H,1H3,(H,20,23)(H,21,22)/t15-/m0/s1. The van der Waals surface area contributed by atoms with E-state index in [-0.39, 0.29) is 17.8 Å². The van der Waals surface area contributed by atoms with Crippen LogP contribution in [0.5, 0.6) is 5.75 Å². The van der Waals surface area contributed by atoms with Crippen molar-refractivity contribution in [3.05, 3.63) is 71.2 Å². The minimum absolute atomic E-state index is 0.221. The SMILES string of the molecule is COc1cccc(-c2n[nH]c3c2[C@H](c2ccc(F)cc2)NC3=O)c1. The van der Waals surface area contributed by atoms with Crippen molar-refractivity contribution in [1.29, 1.82) is 0 Å². The summed E-state index contributed by atoms with van der Waals surface area (Å²) >= 11 is 0. The molecule has 2 heterocycles. The Morgan fingerprint density at radius 1 is 1.17 bits per heavy atom. The second-order valence-corrected chi connectivity index (χ2v) is 5.55. The predicted octanol–water partition coefficient (Wildman–Crippen LogP) is 3.06. The van der Waals surface area contributed by atoms with Crippen LogP contribution in [0.2, 0.25) is 0 Å². The first-order valence-corrected chi connectivity index (χ1v) is 7.46. The highest BCUT2D eigenvalue weighted by molar-refractivity contribution is 6.00. The van der Waals surface area contributed by atoms with E-state index in [9.17, 15) is 9.18 Å². The highest BCUT2D eigenvalue weighted by atomic mass is 19.1. The molecule has 120 valence electrons. The predicted molar refractivity (Wildman–Crippen MR) is 86.3 cm³/mol. The van der Waals surface area contributed by atoms with Crippen LogP contribution >= 0.6 is 0 Å². The van der Waals surface area contributed by atoms with Crippen molar-refractivity contribution < 1.29 is 13.9 Å². The maximum atomic E-state index is 13.2. The van der Waals surface area contributed by atoms with Crippen LogP contribution in [0.4, 0.5) is 4.39 Å². The Bertz CT molecular complexity index is 918. The molecule has 0 unspecified atom stereocenters. The van der Waals surface area contributed by atoms with Crippen molar-refractivity contribution in [2.45, 2.75) is 6.04 Å². The number of carbonyl (C=O) groups is 1. The number of halogens is 1. The van der Waals surface area contributed by atoms with Gasteiger partial charge in [0.05, 0.1) is 18.8 Å². The van der Waals surface area contributed by atoms with E-state index in [0.29, 0.717) is 17.1 Å². The van der Waals surface area contributed by atoms with E-state index in [1.54, 1.807) is 19.2 Å². The molecule has 5 nitrogen and oxygen atoms in total. The van der Waals surface area contributed by atoms with Crippen molar-refractivity contribution in [2.24, 2.45) is 0 Å².